The highest BCUT2D eigenvalue weighted by Gasteiger charge is 2.36. The van der Waals surface area contributed by atoms with Gasteiger partial charge in [0.15, 0.2) is 5.96 Å². The van der Waals surface area contributed by atoms with Crippen molar-refractivity contribution in [2.24, 2.45) is 10.4 Å². The Balaban J connectivity index is 0.00000338. The summed E-state index contributed by atoms with van der Waals surface area (Å²) in [4.78, 5) is 4.75. The van der Waals surface area contributed by atoms with Gasteiger partial charge in [-0.15, -0.1) is 24.0 Å². The third kappa shape index (κ3) is 7.21. The minimum atomic E-state index is -0.604. The molecule has 1 fully saturated rings. The smallest absolute Gasteiger partial charge is 0.191 e. The van der Waals surface area contributed by atoms with Crippen LogP contribution in [0.1, 0.15) is 44.3 Å². The van der Waals surface area contributed by atoms with E-state index in [1.807, 2.05) is 19.1 Å². The number of methoxy groups -OCH3 is 1. The van der Waals surface area contributed by atoms with Gasteiger partial charge >= 0.3 is 0 Å². The average Bonchev–Trinajstić information content (AvgIpc) is 2.58. The normalized spacial score (nSPS) is 17.0. The second kappa shape index (κ2) is 12.0. The van der Waals surface area contributed by atoms with Crippen LogP contribution in [0.4, 0.5) is 0 Å². The molecule has 1 aromatic carbocycles. The molecule has 7 heteroatoms. The molecule has 5 nitrogen and oxygen atoms in total. The summed E-state index contributed by atoms with van der Waals surface area (Å²) in [5.74, 6) is 0.749. The Morgan fingerprint density at radius 2 is 2.00 bits per heavy atom. The van der Waals surface area contributed by atoms with Crippen LogP contribution in [0.5, 0.6) is 0 Å². The van der Waals surface area contributed by atoms with Gasteiger partial charge in [0.1, 0.15) is 0 Å². The Morgan fingerprint density at radius 1 is 1.31 bits per heavy atom. The van der Waals surface area contributed by atoms with Gasteiger partial charge in [0.2, 0.25) is 0 Å². The second-order valence-corrected chi connectivity index (χ2v) is 7.18. The third-order valence-corrected chi connectivity index (χ3v) is 5.14. The number of aliphatic hydroxyl groups excluding tert-OH is 1. The van der Waals surface area contributed by atoms with Gasteiger partial charge in [-0.3, -0.25) is 4.99 Å². The molecule has 0 aliphatic heterocycles. The molecular weight excluding hydrogens is 465 g/mol. The molecule has 1 aromatic rings. The molecule has 1 unspecified atom stereocenters. The zero-order chi connectivity index (χ0) is 18.1. The molecule has 2 rings (SSSR count). The number of benzene rings is 1. The molecule has 148 valence electrons. The van der Waals surface area contributed by atoms with Crippen LogP contribution in [0.2, 0.25) is 5.02 Å². The fraction of sp³-hybridized carbons (Fsp3) is 0.632. The van der Waals surface area contributed by atoms with Gasteiger partial charge in [-0.2, -0.15) is 0 Å². The van der Waals surface area contributed by atoms with E-state index in [9.17, 15) is 5.11 Å². The van der Waals surface area contributed by atoms with Crippen molar-refractivity contribution in [2.45, 2.75) is 38.7 Å². The van der Waals surface area contributed by atoms with E-state index in [1.165, 1.54) is 19.3 Å². The lowest BCUT2D eigenvalue weighted by molar-refractivity contribution is 0.0778. The van der Waals surface area contributed by atoms with Gasteiger partial charge in [-0.25, -0.2) is 0 Å². The standard InChI is InChI=1S/C19H30ClN3O2.HI/c1-3-21-18(23-14-19(9-4-10-19)11-12-25-2)22-13-17(24)15-5-7-16(20)8-6-15;/h5-8,17,24H,3-4,9-14H2,1-2H3,(H2,21,22,23);1H. The largest absolute Gasteiger partial charge is 0.387 e. The first-order chi connectivity index (χ1) is 12.1. The van der Waals surface area contributed by atoms with Crippen molar-refractivity contribution in [1.82, 2.24) is 10.6 Å². The summed E-state index contributed by atoms with van der Waals surface area (Å²) >= 11 is 5.89. The lowest BCUT2D eigenvalue weighted by Crippen LogP contribution is -2.41. The number of hydrogen-bond acceptors (Lipinski definition) is 3. The Hall–Kier alpha value is -0.570. The number of aliphatic imine (C=N–C) groups is 1. The van der Waals surface area contributed by atoms with Crippen LogP contribution in [0.3, 0.4) is 0 Å². The first-order valence-electron chi connectivity index (χ1n) is 9.03. The van der Waals surface area contributed by atoms with E-state index in [0.29, 0.717) is 11.6 Å². The summed E-state index contributed by atoms with van der Waals surface area (Å²) in [6.45, 7) is 4.81. The van der Waals surface area contributed by atoms with Crippen molar-refractivity contribution in [3.05, 3.63) is 34.9 Å². The molecule has 1 saturated carbocycles. The van der Waals surface area contributed by atoms with E-state index in [0.717, 1.165) is 37.6 Å². The Labute approximate surface area is 179 Å². The van der Waals surface area contributed by atoms with Gasteiger partial charge in [0, 0.05) is 38.4 Å². The molecule has 26 heavy (non-hydrogen) atoms. The van der Waals surface area contributed by atoms with Gasteiger partial charge in [-0.05, 0) is 49.3 Å². The van der Waals surface area contributed by atoms with Crippen molar-refractivity contribution in [3.8, 4) is 0 Å². The molecule has 0 spiro atoms. The zero-order valence-corrected chi connectivity index (χ0v) is 18.7. The summed E-state index contributed by atoms with van der Waals surface area (Å²) in [5.41, 5.74) is 1.12. The first-order valence-corrected chi connectivity index (χ1v) is 9.41. The molecule has 0 amide bonds. The maximum atomic E-state index is 10.3. The average molecular weight is 496 g/mol. The number of aliphatic hydroxyl groups is 1. The first kappa shape index (κ1) is 23.5. The van der Waals surface area contributed by atoms with Crippen LogP contribution in [0, 0.1) is 5.41 Å². The summed E-state index contributed by atoms with van der Waals surface area (Å²) < 4.78 is 5.24. The quantitative estimate of drug-likeness (QED) is 0.277. The van der Waals surface area contributed by atoms with Crippen LogP contribution in [0.25, 0.3) is 0 Å². The highest BCUT2D eigenvalue weighted by Crippen LogP contribution is 2.44. The molecule has 0 aromatic heterocycles. The highest BCUT2D eigenvalue weighted by atomic mass is 127. The predicted molar refractivity (Wildman–Crippen MR) is 119 cm³/mol. The maximum Gasteiger partial charge on any atom is 0.191 e. The van der Waals surface area contributed by atoms with E-state index in [1.54, 1.807) is 19.2 Å². The van der Waals surface area contributed by atoms with Gasteiger partial charge in [0.25, 0.3) is 0 Å². The number of hydrogen-bond donors (Lipinski definition) is 3. The number of ether oxygens (including phenoxy) is 1. The predicted octanol–water partition coefficient (Wildman–Crippen LogP) is 3.75. The maximum absolute atomic E-state index is 10.3. The van der Waals surface area contributed by atoms with Crippen molar-refractivity contribution >= 4 is 41.5 Å². The summed E-state index contributed by atoms with van der Waals surface area (Å²) in [5, 5.41) is 17.5. The third-order valence-electron chi connectivity index (χ3n) is 4.89. The topological polar surface area (TPSA) is 65.9 Å². The number of nitrogens with zero attached hydrogens (tertiary/aromatic N) is 1. The molecule has 0 bridgehead atoms. The van der Waals surface area contributed by atoms with Gasteiger partial charge in [0.05, 0.1) is 6.10 Å². The van der Waals surface area contributed by atoms with Gasteiger partial charge < -0.3 is 20.5 Å². The van der Waals surface area contributed by atoms with Crippen LogP contribution in [-0.4, -0.2) is 44.4 Å². The minimum absolute atomic E-state index is 0. The van der Waals surface area contributed by atoms with E-state index in [2.05, 4.69) is 10.6 Å². The Bertz CT molecular complexity index is 550. The fourth-order valence-electron chi connectivity index (χ4n) is 3.07. The van der Waals surface area contributed by atoms with E-state index >= 15 is 0 Å². The Kier molecular flexibility index (Phi) is 10.8. The van der Waals surface area contributed by atoms with Crippen LogP contribution >= 0.6 is 35.6 Å². The zero-order valence-electron chi connectivity index (χ0n) is 15.6. The summed E-state index contributed by atoms with van der Waals surface area (Å²) in [7, 11) is 1.75. The Morgan fingerprint density at radius 3 is 2.54 bits per heavy atom. The summed E-state index contributed by atoms with van der Waals surface area (Å²) in [6.07, 6.45) is 4.16. The van der Waals surface area contributed by atoms with E-state index in [4.69, 9.17) is 21.3 Å². The second-order valence-electron chi connectivity index (χ2n) is 6.74. The minimum Gasteiger partial charge on any atom is -0.387 e. The molecule has 0 radical (unpaired) electrons. The number of nitrogens with one attached hydrogen (secondary N) is 2. The van der Waals surface area contributed by atoms with Crippen LogP contribution in [0.15, 0.2) is 29.3 Å². The molecule has 1 aliphatic rings. The van der Waals surface area contributed by atoms with Crippen molar-refractivity contribution in [2.75, 3.05) is 33.4 Å². The molecular formula is C19H31ClIN3O2. The molecule has 1 aliphatic carbocycles. The SMILES string of the molecule is CCNC(=NCC1(CCOC)CCC1)NCC(O)c1ccc(Cl)cc1.I. The van der Waals surface area contributed by atoms with E-state index < -0.39 is 6.10 Å². The van der Waals surface area contributed by atoms with Crippen molar-refractivity contribution < 1.29 is 9.84 Å². The number of rotatable bonds is 9. The fourth-order valence-corrected chi connectivity index (χ4v) is 3.19. The molecule has 1 atom stereocenters. The monoisotopic (exact) mass is 495 g/mol. The van der Waals surface area contributed by atoms with E-state index in [-0.39, 0.29) is 29.4 Å². The summed E-state index contributed by atoms with van der Waals surface area (Å²) in [6, 6.07) is 7.25. The van der Waals surface area contributed by atoms with Crippen LogP contribution < -0.4 is 10.6 Å². The van der Waals surface area contributed by atoms with Crippen LogP contribution in [-0.2, 0) is 4.74 Å². The van der Waals surface area contributed by atoms with Gasteiger partial charge in [-0.1, -0.05) is 30.2 Å². The molecule has 0 heterocycles. The molecule has 0 saturated heterocycles. The number of guanidine groups is 1. The lowest BCUT2D eigenvalue weighted by Gasteiger charge is -2.40. The lowest BCUT2D eigenvalue weighted by atomic mass is 9.67. The highest BCUT2D eigenvalue weighted by molar-refractivity contribution is 14.0. The van der Waals surface area contributed by atoms with Crippen molar-refractivity contribution in [3.63, 3.8) is 0 Å². The van der Waals surface area contributed by atoms with Crippen molar-refractivity contribution in [1.29, 1.82) is 0 Å². The molecule has 3 N–H and O–H groups in total. The number of halogens is 2.